The number of aromatic nitrogens is 2. The minimum atomic E-state index is -0.795. The van der Waals surface area contributed by atoms with E-state index in [4.69, 9.17) is 10.9 Å². The van der Waals surface area contributed by atoms with Gasteiger partial charge in [0.1, 0.15) is 5.41 Å². The average molecular weight is 237 g/mol. The molecule has 2 rings (SSSR count). The highest BCUT2D eigenvalue weighted by molar-refractivity contribution is 6.09. The maximum atomic E-state index is 11.9. The van der Waals surface area contributed by atoms with Crippen molar-refractivity contribution in [1.29, 1.82) is 0 Å². The van der Waals surface area contributed by atoms with Gasteiger partial charge in [-0.2, -0.15) is 5.10 Å². The Hall–Kier alpha value is -2.05. The van der Waals surface area contributed by atoms with Crippen molar-refractivity contribution in [1.82, 2.24) is 15.1 Å². The fourth-order valence-corrected chi connectivity index (χ4v) is 1.73. The lowest BCUT2D eigenvalue weighted by Crippen LogP contribution is -2.40. The van der Waals surface area contributed by atoms with E-state index in [2.05, 4.69) is 15.6 Å². The molecule has 1 aromatic rings. The van der Waals surface area contributed by atoms with Gasteiger partial charge in [-0.15, -0.1) is 0 Å². The summed E-state index contributed by atoms with van der Waals surface area (Å²) in [6, 6.07) is 0. The number of amidine groups is 1. The highest BCUT2D eigenvalue weighted by Crippen LogP contribution is 2.46. The van der Waals surface area contributed by atoms with Crippen LogP contribution in [0.15, 0.2) is 17.5 Å². The summed E-state index contributed by atoms with van der Waals surface area (Å²) in [6.07, 6.45) is 4.76. The van der Waals surface area contributed by atoms with Crippen LogP contribution in [0.2, 0.25) is 0 Å². The van der Waals surface area contributed by atoms with Crippen molar-refractivity contribution in [3.8, 4) is 0 Å². The summed E-state index contributed by atoms with van der Waals surface area (Å²) in [5, 5.41) is 18.3. The Morgan fingerprint density at radius 3 is 2.94 bits per heavy atom. The number of carbonyl (C=O) groups is 1. The van der Waals surface area contributed by atoms with Crippen molar-refractivity contribution < 1.29 is 10.0 Å². The number of hydrogen-bond donors (Lipinski definition) is 3. The summed E-state index contributed by atoms with van der Waals surface area (Å²) in [6.45, 7) is 0.396. The molecule has 4 N–H and O–H groups in total. The largest absolute Gasteiger partial charge is 0.409 e. The van der Waals surface area contributed by atoms with Crippen molar-refractivity contribution in [2.75, 3.05) is 0 Å². The first-order chi connectivity index (χ1) is 8.08. The normalized spacial score (nSPS) is 17.8. The lowest BCUT2D eigenvalue weighted by Gasteiger charge is -2.12. The van der Waals surface area contributed by atoms with E-state index in [0.29, 0.717) is 19.4 Å². The molecule has 0 atom stereocenters. The Balaban J connectivity index is 1.94. The fraction of sp³-hybridized carbons (Fsp3) is 0.500. The van der Waals surface area contributed by atoms with Crippen molar-refractivity contribution in [3.63, 3.8) is 0 Å². The summed E-state index contributed by atoms with van der Waals surface area (Å²) in [5.41, 5.74) is 5.63. The second-order valence-corrected chi connectivity index (χ2v) is 4.27. The van der Waals surface area contributed by atoms with Gasteiger partial charge in [0.2, 0.25) is 5.91 Å². The number of nitrogens with one attached hydrogen (secondary N) is 1. The Bertz CT molecular complexity index is 461. The summed E-state index contributed by atoms with van der Waals surface area (Å²) in [4.78, 5) is 11.9. The number of nitrogens with two attached hydrogens (primary N) is 1. The molecule has 17 heavy (non-hydrogen) atoms. The van der Waals surface area contributed by atoms with Gasteiger partial charge >= 0.3 is 0 Å². The van der Waals surface area contributed by atoms with Gasteiger partial charge in [0.15, 0.2) is 5.84 Å². The molecule has 1 aliphatic carbocycles. The third-order valence-corrected chi connectivity index (χ3v) is 2.99. The van der Waals surface area contributed by atoms with E-state index in [1.54, 1.807) is 10.9 Å². The quantitative estimate of drug-likeness (QED) is 0.286. The van der Waals surface area contributed by atoms with Crippen molar-refractivity contribution in [2.24, 2.45) is 23.4 Å². The molecule has 1 amide bonds. The van der Waals surface area contributed by atoms with Gasteiger partial charge < -0.3 is 16.3 Å². The summed E-state index contributed by atoms with van der Waals surface area (Å²) < 4.78 is 1.66. The molecule has 0 saturated heterocycles. The average Bonchev–Trinajstić information content (AvgIpc) is 3.04. The van der Waals surface area contributed by atoms with E-state index < -0.39 is 5.41 Å². The van der Waals surface area contributed by atoms with E-state index in [1.165, 1.54) is 0 Å². The Kier molecular flexibility index (Phi) is 2.74. The Morgan fingerprint density at radius 1 is 1.76 bits per heavy atom. The molecular weight excluding hydrogens is 222 g/mol. The number of amides is 1. The van der Waals surface area contributed by atoms with Crippen LogP contribution in [0, 0.1) is 5.41 Å². The smallest absolute Gasteiger partial charge is 0.234 e. The number of rotatable bonds is 4. The topological polar surface area (TPSA) is 106 Å². The number of hydrogen-bond acceptors (Lipinski definition) is 4. The zero-order valence-electron chi connectivity index (χ0n) is 9.55. The first-order valence-corrected chi connectivity index (χ1v) is 5.32. The van der Waals surface area contributed by atoms with Crippen LogP contribution in [-0.2, 0) is 18.4 Å². The van der Waals surface area contributed by atoms with Gasteiger partial charge in [-0.25, -0.2) is 0 Å². The number of nitrogens with zero attached hydrogens (tertiary/aromatic N) is 3. The fourth-order valence-electron chi connectivity index (χ4n) is 1.73. The molecule has 7 heteroatoms. The third-order valence-electron chi connectivity index (χ3n) is 2.99. The van der Waals surface area contributed by atoms with Gasteiger partial charge in [0, 0.05) is 25.4 Å². The zero-order valence-corrected chi connectivity index (χ0v) is 9.55. The van der Waals surface area contributed by atoms with Gasteiger partial charge in [0.25, 0.3) is 0 Å². The van der Waals surface area contributed by atoms with Crippen molar-refractivity contribution in [2.45, 2.75) is 19.4 Å². The minimum Gasteiger partial charge on any atom is -0.409 e. The third kappa shape index (κ3) is 2.08. The maximum absolute atomic E-state index is 11.9. The summed E-state index contributed by atoms with van der Waals surface area (Å²) >= 11 is 0. The minimum absolute atomic E-state index is 0.0128. The highest BCUT2D eigenvalue weighted by atomic mass is 16.4. The lowest BCUT2D eigenvalue weighted by atomic mass is 10.1. The molecule has 0 bridgehead atoms. The molecule has 0 spiro atoms. The van der Waals surface area contributed by atoms with Crippen LogP contribution in [-0.4, -0.2) is 26.7 Å². The van der Waals surface area contributed by atoms with E-state index in [-0.39, 0.29) is 11.7 Å². The van der Waals surface area contributed by atoms with Gasteiger partial charge in [-0.1, -0.05) is 5.16 Å². The van der Waals surface area contributed by atoms with E-state index in [9.17, 15) is 4.79 Å². The molecule has 0 aliphatic heterocycles. The molecule has 1 aliphatic rings. The predicted molar refractivity (Wildman–Crippen MR) is 60.1 cm³/mol. The molecular formula is C10H15N5O2. The predicted octanol–water partition coefficient (Wildman–Crippen LogP) is -0.437. The zero-order chi connectivity index (χ0) is 12.5. The molecule has 1 fully saturated rings. The number of oxime groups is 1. The maximum Gasteiger partial charge on any atom is 0.234 e. The number of aryl methyl sites for hydroxylation is 1. The first kappa shape index (κ1) is 11.4. The van der Waals surface area contributed by atoms with Crippen LogP contribution < -0.4 is 11.1 Å². The van der Waals surface area contributed by atoms with Crippen LogP contribution in [0.25, 0.3) is 0 Å². The molecule has 1 saturated carbocycles. The molecule has 1 aromatic heterocycles. The second kappa shape index (κ2) is 4.08. The summed E-state index contributed by atoms with van der Waals surface area (Å²) in [5.74, 6) is -0.210. The second-order valence-electron chi connectivity index (χ2n) is 4.27. The molecule has 92 valence electrons. The van der Waals surface area contributed by atoms with E-state index in [0.717, 1.165) is 5.56 Å². The SMILES string of the molecule is Cn1cc(CNC(=O)C2(/C(N)=N/O)CC2)cn1. The van der Waals surface area contributed by atoms with E-state index >= 15 is 0 Å². The van der Waals surface area contributed by atoms with E-state index in [1.807, 2.05) is 13.2 Å². The van der Waals surface area contributed by atoms with Crippen LogP contribution in [0.3, 0.4) is 0 Å². The van der Waals surface area contributed by atoms with Crippen LogP contribution in [0.5, 0.6) is 0 Å². The Labute approximate surface area is 98.3 Å². The standard InChI is InChI=1S/C10H15N5O2/c1-15-6-7(5-13-15)4-12-9(16)10(2-3-10)8(11)14-17/h5-6,17H,2-4H2,1H3,(H2,11,14)(H,12,16). The first-order valence-electron chi connectivity index (χ1n) is 5.32. The van der Waals surface area contributed by atoms with Gasteiger partial charge in [-0.3, -0.25) is 9.48 Å². The molecule has 7 nitrogen and oxygen atoms in total. The van der Waals surface area contributed by atoms with Crippen LogP contribution >= 0.6 is 0 Å². The Morgan fingerprint density at radius 2 is 2.47 bits per heavy atom. The molecule has 0 aromatic carbocycles. The van der Waals surface area contributed by atoms with Crippen molar-refractivity contribution in [3.05, 3.63) is 18.0 Å². The van der Waals surface area contributed by atoms with Gasteiger partial charge in [0.05, 0.1) is 6.20 Å². The molecule has 1 heterocycles. The molecule has 0 unspecified atom stereocenters. The lowest BCUT2D eigenvalue weighted by molar-refractivity contribution is -0.124. The highest BCUT2D eigenvalue weighted by Gasteiger charge is 2.54. The van der Waals surface area contributed by atoms with Crippen LogP contribution in [0.1, 0.15) is 18.4 Å². The molecule has 0 radical (unpaired) electrons. The monoisotopic (exact) mass is 237 g/mol. The van der Waals surface area contributed by atoms with Crippen LogP contribution in [0.4, 0.5) is 0 Å². The van der Waals surface area contributed by atoms with Gasteiger partial charge in [-0.05, 0) is 12.8 Å². The number of carbonyl (C=O) groups excluding carboxylic acids is 1. The summed E-state index contributed by atoms with van der Waals surface area (Å²) in [7, 11) is 1.81. The van der Waals surface area contributed by atoms with Crippen molar-refractivity contribution >= 4 is 11.7 Å².